The van der Waals surface area contributed by atoms with Crippen molar-refractivity contribution in [1.82, 2.24) is 8.68 Å². The SMILES string of the molecule is O=C(Nc1cc(-c2ccccc2)ns1)C1CCCN1S(=O)(=O)c1cccs1. The maximum Gasteiger partial charge on any atom is 0.253 e. The molecule has 1 aliphatic heterocycles. The number of nitrogens with zero attached hydrogens (tertiary/aromatic N) is 2. The predicted molar refractivity (Wildman–Crippen MR) is 107 cm³/mol. The van der Waals surface area contributed by atoms with E-state index in [2.05, 4.69) is 9.69 Å². The summed E-state index contributed by atoms with van der Waals surface area (Å²) in [6.45, 7) is 0.357. The highest BCUT2D eigenvalue weighted by Crippen LogP contribution is 2.30. The molecule has 0 bridgehead atoms. The van der Waals surface area contributed by atoms with E-state index in [1.54, 1.807) is 17.5 Å². The van der Waals surface area contributed by atoms with Gasteiger partial charge in [-0.05, 0) is 35.8 Å². The van der Waals surface area contributed by atoms with Crippen LogP contribution < -0.4 is 5.32 Å². The Labute approximate surface area is 165 Å². The molecule has 1 saturated heterocycles. The van der Waals surface area contributed by atoms with Crippen LogP contribution in [0.3, 0.4) is 0 Å². The second-order valence-corrected chi connectivity index (χ2v) is 10.0. The van der Waals surface area contributed by atoms with Gasteiger partial charge >= 0.3 is 0 Å². The summed E-state index contributed by atoms with van der Waals surface area (Å²) in [6.07, 6.45) is 1.18. The first kappa shape index (κ1) is 18.3. The van der Waals surface area contributed by atoms with Crippen molar-refractivity contribution >= 4 is 43.8 Å². The molecule has 1 N–H and O–H groups in total. The van der Waals surface area contributed by atoms with Crippen LogP contribution in [-0.4, -0.2) is 35.6 Å². The van der Waals surface area contributed by atoms with Crippen LogP contribution in [0.2, 0.25) is 0 Å². The van der Waals surface area contributed by atoms with E-state index in [0.29, 0.717) is 24.4 Å². The number of hydrogen-bond donors (Lipinski definition) is 1. The number of anilines is 1. The van der Waals surface area contributed by atoms with E-state index in [1.165, 1.54) is 27.2 Å². The number of hydrogen-bond acceptors (Lipinski definition) is 6. The summed E-state index contributed by atoms with van der Waals surface area (Å²) in [6, 6.07) is 14.1. The number of carbonyl (C=O) groups excluding carboxylic acids is 1. The first-order valence-electron chi connectivity index (χ1n) is 8.44. The number of amides is 1. The molecule has 1 aromatic carbocycles. The largest absolute Gasteiger partial charge is 0.315 e. The monoisotopic (exact) mass is 419 g/mol. The summed E-state index contributed by atoms with van der Waals surface area (Å²) in [7, 11) is -3.64. The Morgan fingerprint density at radius 3 is 2.74 bits per heavy atom. The minimum absolute atomic E-state index is 0.270. The highest BCUT2D eigenvalue weighted by Gasteiger charge is 2.40. The molecule has 6 nitrogen and oxygen atoms in total. The third-order valence-corrected chi connectivity index (χ3v) is 8.38. The average Bonchev–Trinajstić information content (AvgIpc) is 3.42. The second kappa shape index (κ2) is 7.51. The molecule has 4 rings (SSSR count). The lowest BCUT2D eigenvalue weighted by molar-refractivity contribution is -0.119. The lowest BCUT2D eigenvalue weighted by Crippen LogP contribution is -2.42. The number of sulfonamides is 1. The number of benzene rings is 1. The highest BCUT2D eigenvalue weighted by molar-refractivity contribution is 7.91. The van der Waals surface area contributed by atoms with Crippen LogP contribution >= 0.6 is 22.9 Å². The number of thiophene rings is 1. The summed E-state index contributed by atoms with van der Waals surface area (Å²) >= 11 is 2.36. The zero-order valence-electron chi connectivity index (χ0n) is 14.2. The third-order valence-electron chi connectivity index (χ3n) is 4.39. The number of nitrogens with one attached hydrogen (secondary N) is 1. The number of aromatic nitrogens is 1. The van der Waals surface area contributed by atoms with Gasteiger partial charge in [-0.2, -0.15) is 8.68 Å². The van der Waals surface area contributed by atoms with Crippen LogP contribution in [0.5, 0.6) is 0 Å². The van der Waals surface area contributed by atoms with E-state index in [4.69, 9.17) is 0 Å². The molecule has 0 aliphatic carbocycles. The standard InChI is InChI=1S/C18H17N3O3S3/c22-18(19-16-12-14(20-26-16)13-6-2-1-3-7-13)15-8-4-10-21(15)27(23,24)17-9-5-11-25-17/h1-3,5-7,9,11-12,15H,4,8,10H2,(H,19,22). The van der Waals surface area contributed by atoms with E-state index in [-0.39, 0.29) is 10.1 Å². The molecule has 1 fully saturated rings. The third kappa shape index (κ3) is 3.68. The molecule has 1 aliphatic rings. The molecule has 1 amide bonds. The lowest BCUT2D eigenvalue weighted by Gasteiger charge is -2.22. The fourth-order valence-corrected chi connectivity index (χ4v) is 6.54. The molecule has 1 unspecified atom stereocenters. The smallest absolute Gasteiger partial charge is 0.253 e. The van der Waals surface area contributed by atoms with Gasteiger partial charge in [-0.1, -0.05) is 36.4 Å². The van der Waals surface area contributed by atoms with Gasteiger partial charge in [0, 0.05) is 18.2 Å². The van der Waals surface area contributed by atoms with Gasteiger partial charge in [0.1, 0.15) is 15.3 Å². The number of carbonyl (C=O) groups is 1. The van der Waals surface area contributed by atoms with E-state index >= 15 is 0 Å². The van der Waals surface area contributed by atoms with Crippen LogP contribution in [0, 0.1) is 0 Å². The van der Waals surface area contributed by atoms with Gasteiger partial charge in [-0.3, -0.25) is 4.79 Å². The zero-order chi connectivity index (χ0) is 18.9. The molecule has 0 radical (unpaired) electrons. The van der Waals surface area contributed by atoms with E-state index in [1.807, 2.05) is 36.4 Å². The van der Waals surface area contributed by atoms with Crippen molar-refractivity contribution in [2.45, 2.75) is 23.1 Å². The quantitative estimate of drug-likeness (QED) is 0.684. The summed E-state index contributed by atoms with van der Waals surface area (Å²) in [4.78, 5) is 12.8. The number of rotatable bonds is 5. The van der Waals surface area contributed by atoms with Gasteiger partial charge < -0.3 is 5.32 Å². The van der Waals surface area contributed by atoms with Crippen molar-refractivity contribution in [2.24, 2.45) is 0 Å². The molecule has 27 heavy (non-hydrogen) atoms. The normalized spacial score (nSPS) is 17.9. The van der Waals surface area contributed by atoms with Crippen LogP contribution in [0.4, 0.5) is 5.00 Å². The minimum Gasteiger partial charge on any atom is -0.315 e. The van der Waals surface area contributed by atoms with Crippen molar-refractivity contribution in [2.75, 3.05) is 11.9 Å². The Kier molecular flexibility index (Phi) is 5.09. The predicted octanol–water partition coefficient (Wildman–Crippen LogP) is 3.66. The van der Waals surface area contributed by atoms with Gasteiger partial charge in [-0.15, -0.1) is 11.3 Å². The summed E-state index contributed by atoms with van der Waals surface area (Å²) < 4.78 is 31.6. The Morgan fingerprint density at radius 1 is 1.19 bits per heavy atom. The zero-order valence-corrected chi connectivity index (χ0v) is 16.7. The van der Waals surface area contributed by atoms with Crippen LogP contribution in [-0.2, 0) is 14.8 Å². The molecule has 2 aromatic heterocycles. The van der Waals surface area contributed by atoms with E-state index in [0.717, 1.165) is 11.3 Å². The van der Waals surface area contributed by atoms with Gasteiger partial charge in [0.2, 0.25) is 5.91 Å². The molecule has 0 spiro atoms. The second-order valence-electron chi connectivity index (χ2n) is 6.14. The summed E-state index contributed by atoms with van der Waals surface area (Å²) in [5.74, 6) is -0.309. The molecule has 3 heterocycles. The van der Waals surface area contributed by atoms with Crippen molar-refractivity contribution in [3.05, 3.63) is 53.9 Å². The molecule has 3 aromatic rings. The lowest BCUT2D eigenvalue weighted by atomic mass is 10.1. The maximum absolute atomic E-state index is 12.8. The fourth-order valence-electron chi connectivity index (χ4n) is 3.10. The van der Waals surface area contributed by atoms with Gasteiger partial charge in [0.05, 0.1) is 5.69 Å². The summed E-state index contributed by atoms with van der Waals surface area (Å²) in [5.41, 5.74) is 1.75. The maximum atomic E-state index is 12.8. The van der Waals surface area contributed by atoms with Crippen molar-refractivity contribution in [3.63, 3.8) is 0 Å². The molecule has 0 saturated carbocycles. The molecule has 140 valence electrons. The van der Waals surface area contributed by atoms with Gasteiger partial charge in [0.25, 0.3) is 10.0 Å². The summed E-state index contributed by atoms with van der Waals surface area (Å²) in [5, 5.41) is 5.17. The van der Waals surface area contributed by atoms with Crippen molar-refractivity contribution in [3.8, 4) is 11.3 Å². The van der Waals surface area contributed by atoms with Crippen LogP contribution in [0.1, 0.15) is 12.8 Å². The molecule has 1 atom stereocenters. The van der Waals surface area contributed by atoms with Gasteiger partial charge in [0.15, 0.2) is 0 Å². The van der Waals surface area contributed by atoms with E-state index in [9.17, 15) is 13.2 Å². The first-order chi connectivity index (χ1) is 13.1. The van der Waals surface area contributed by atoms with Gasteiger partial charge in [-0.25, -0.2) is 8.42 Å². The highest BCUT2D eigenvalue weighted by atomic mass is 32.2. The average molecular weight is 420 g/mol. The Balaban J connectivity index is 1.50. The Morgan fingerprint density at radius 2 is 2.00 bits per heavy atom. The fraction of sp³-hybridized carbons (Fsp3) is 0.222. The van der Waals surface area contributed by atoms with Crippen molar-refractivity contribution in [1.29, 1.82) is 0 Å². The van der Waals surface area contributed by atoms with E-state index < -0.39 is 16.1 Å². The molecule has 9 heteroatoms. The molecular weight excluding hydrogens is 402 g/mol. The van der Waals surface area contributed by atoms with Crippen LogP contribution in [0.15, 0.2) is 58.1 Å². The topological polar surface area (TPSA) is 79.4 Å². The Bertz CT molecular complexity index is 1030. The van der Waals surface area contributed by atoms with Crippen LogP contribution in [0.25, 0.3) is 11.3 Å². The van der Waals surface area contributed by atoms with Crippen molar-refractivity contribution < 1.29 is 13.2 Å². The Hall–Kier alpha value is -2.07. The minimum atomic E-state index is -3.64. The first-order valence-corrected chi connectivity index (χ1v) is 11.5. The molecular formula is C18H17N3O3S3.